The van der Waals surface area contributed by atoms with E-state index in [1.807, 2.05) is 32.0 Å². The molecule has 0 bridgehead atoms. The molecule has 2 atom stereocenters. The normalized spacial score (nSPS) is 14.2. The van der Waals surface area contributed by atoms with Crippen LogP contribution in [0.25, 0.3) is 0 Å². The maximum Gasteiger partial charge on any atom is 0.330 e. The van der Waals surface area contributed by atoms with Gasteiger partial charge in [0.1, 0.15) is 5.75 Å². The summed E-state index contributed by atoms with van der Waals surface area (Å²) in [6, 6.07) is 5.81. The summed E-state index contributed by atoms with van der Waals surface area (Å²) in [5, 5.41) is 10.1. The maximum atomic E-state index is 11.0. The first kappa shape index (κ1) is 15.2. The minimum atomic E-state index is -0.782. The van der Waals surface area contributed by atoms with Crippen LogP contribution in [0, 0.1) is 6.92 Å². The Morgan fingerprint density at radius 1 is 1.37 bits per heavy atom. The highest BCUT2D eigenvalue weighted by Gasteiger charge is 2.18. The molecule has 0 aliphatic carbocycles. The van der Waals surface area contributed by atoms with E-state index in [1.54, 1.807) is 7.11 Å². The summed E-state index contributed by atoms with van der Waals surface area (Å²) in [6.45, 7) is 3.85. The highest BCUT2D eigenvalue weighted by atomic mass is 16.5. The van der Waals surface area contributed by atoms with Gasteiger partial charge in [-0.1, -0.05) is 19.1 Å². The summed E-state index contributed by atoms with van der Waals surface area (Å²) in [7, 11) is 2.90. The average molecular weight is 264 g/mol. The molecular weight excluding hydrogens is 244 g/mol. The van der Waals surface area contributed by atoms with Gasteiger partial charge in [-0.3, -0.25) is 0 Å². The van der Waals surface area contributed by atoms with Crippen LogP contribution in [0.4, 0.5) is 0 Å². The highest BCUT2D eigenvalue weighted by molar-refractivity contribution is 5.81. The zero-order valence-electron chi connectivity index (χ0n) is 11.7. The van der Waals surface area contributed by atoms with Crippen LogP contribution in [0.15, 0.2) is 30.4 Å². The molecule has 4 heteroatoms. The lowest BCUT2D eigenvalue weighted by Crippen LogP contribution is -2.14. The van der Waals surface area contributed by atoms with E-state index in [4.69, 9.17) is 4.74 Å². The highest BCUT2D eigenvalue weighted by Crippen LogP contribution is 2.30. The lowest BCUT2D eigenvalue weighted by molar-refractivity contribution is -0.134. The van der Waals surface area contributed by atoms with Gasteiger partial charge >= 0.3 is 5.97 Å². The molecule has 0 heterocycles. The molecule has 1 N–H and O–H groups in total. The quantitative estimate of drug-likeness (QED) is 0.654. The largest absolute Gasteiger partial charge is 0.496 e. The van der Waals surface area contributed by atoms with Crippen LogP contribution < -0.4 is 4.74 Å². The Kier molecular flexibility index (Phi) is 5.57. The van der Waals surface area contributed by atoms with Crippen LogP contribution in [-0.2, 0) is 9.53 Å². The number of methoxy groups -OCH3 is 2. The third-order valence-corrected chi connectivity index (χ3v) is 3.02. The molecular formula is C15H20O4. The van der Waals surface area contributed by atoms with Gasteiger partial charge in [-0.2, -0.15) is 0 Å². The molecule has 0 aliphatic rings. The van der Waals surface area contributed by atoms with Crippen LogP contribution in [0.1, 0.15) is 24.0 Å². The van der Waals surface area contributed by atoms with Gasteiger partial charge in [-0.25, -0.2) is 4.79 Å². The van der Waals surface area contributed by atoms with Crippen molar-refractivity contribution in [3.05, 3.63) is 41.5 Å². The van der Waals surface area contributed by atoms with Crippen LogP contribution in [0.5, 0.6) is 5.75 Å². The number of hydrogen-bond acceptors (Lipinski definition) is 4. The van der Waals surface area contributed by atoms with E-state index in [-0.39, 0.29) is 5.92 Å². The maximum absolute atomic E-state index is 11.0. The van der Waals surface area contributed by atoms with E-state index in [0.29, 0.717) is 0 Å². The molecule has 0 fully saturated rings. The van der Waals surface area contributed by atoms with Crippen LogP contribution >= 0.6 is 0 Å². The number of esters is 1. The monoisotopic (exact) mass is 264 g/mol. The second-order valence-corrected chi connectivity index (χ2v) is 4.41. The van der Waals surface area contributed by atoms with Gasteiger partial charge < -0.3 is 14.6 Å². The summed E-state index contributed by atoms with van der Waals surface area (Å²) in [6.07, 6.45) is 1.87. The summed E-state index contributed by atoms with van der Waals surface area (Å²) in [4.78, 5) is 11.0. The average Bonchev–Trinajstić information content (AvgIpc) is 2.43. The zero-order valence-corrected chi connectivity index (χ0v) is 11.7. The fraction of sp³-hybridized carbons (Fsp3) is 0.400. The van der Waals surface area contributed by atoms with Gasteiger partial charge in [0.25, 0.3) is 0 Å². The minimum Gasteiger partial charge on any atom is -0.496 e. The van der Waals surface area contributed by atoms with E-state index in [0.717, 1.165) is 16.9 Å². The fourth-order valence-corrected chi connectivity index (χ4v) is 1.79. The van der Waals surface area contributed by atoms with Gasteiger partial charge in [0, 0.05) is 12.0 Å². The van der Waals surface area contributed by atoms with Crippen molar-refractivity contribution in [1.29, 1.82) is 0 Å². The summed E-state index contributed by atoms with van der Waals surface area (Å²) in [5.74, 6) is 0.0663. The number of hydrogen-bond donors (Lipinski definition) is 1. The first-order chi connectivity index (χ1) is 8.99. The van der Waals surface area contributed by atoms with E-state index in [2.05, 4.69) is 4.74 Å². The predicted molar refractivity (Wildman–Crippen MR) is 73.3 cm³/mol. The smallest absolute Gasteiger partial charge is 0.330 e. The van der Waals surface area contributed by atoms with Gasteiger partial charge in [-0.15, -0.1) is 0 Å². The molecule has 0 saturated carbocycles. The summed E-state index contributed by atoms with van der Waals surface area (Å²) >= 11 is 0. The third kappa shape index (κ3) is 4.10. The number of carbonyl (C=O) groups excluding carboxylic acids is 1. The van der Waals surface area contributed by atoms with Crippen LogP contribution in [0.2, 0.25) is 0 Å². The molecule has 19 heavy (non-hydrogen) atoms. The standard InChI is InChI=1S/C15H20O4/c1-10-5-6-12(14(9-10)18-3)11(2)13(16)7-8-15(17)19-4/h5-9,11,13,16H,1-4H3/b8-7+/t11-,13-/m1/s1. The van der Waals surface area contributed by atoms with Crippen molar-refractivity contribution >= 4 is 5.97 Å². The first-order valence-electron chi connectivity index (χ1n) is 6.08. The van der Waals surface area contributed by atoms with Gasteiger partial charge in [0.15, 0.2) is 0 Å². The van der Waals surface area contributed by atoms with Crippen molar-refractivity contribution in [3.63, 3.8) is 0 Å². The Labute approximate surface area is 113 Å². The van der Waals surface area contributed by atoms with Crippen molar-refractivity contribution in [2.75, 3.05) is 14.2 Å². The molecule has 1 rings (SSSR count). The molecule has 0 unspecified atom stereocenters. The first-order valence-corrected chi connectivity index (χ1v) is 6.08. The molecule has 0 saturated heterocycles. The van der Waals surface area contributed by atoms with Crippen LogP contribution in [0.3, 0.4) is 0 Å². The number of rotatable bonds is 5. The van der Waals surface area contributed by atoms with Gasteiger partial charge in [0.2, 0.25) is 0 Å². The van der Waals surface area contributed by atoms with Crippen molar-refractivity contribution < 1.29 is 19.4 Å². The molecule has 1 aromatic carbocycles. The summed E-state index contributed by atoms with van der Waals surface area (Å²) < 4.78 is 9.80. The number of aliphatic hydroxyl groups excluding tert-OH is 1. The summed E-state index contributed by atoms with van der Waals surface area (Å²) in [5.41, 5.74) is 1.99. The Hall–Kier alpha value is -1.81. The van der Waals surface area contributed by atoms with E-state index < -0.39 is 12.1 Å². The van der Waals surface area contributed by atoms with Crippen molar-refractivity contribution in [2.45, 2.75) is 25.9 Å². The number of carbonyl (C=O) groups is 1. The number of ether oxygens (including phenoxy) is 2. The molecule has 0 aromatic heterocycles. The Bertz CT molecular complexity index is 465. The molecule has 0 spiro atoms. The second kappa shape index (κ2) is 6.95. The number of benzene rings is 1. The van der Waals surface area contributed by atoms with E-state index in [9.17, 15) is 9.90 Å². The Morgan fingerprint density at radius 2 is 2.05 bits per heavy atom. The molecule has 1 aromatic rings. The molecule has 0 radical (unpaired) electrons. The molecule has 0 amide bonds. The van der Waals surface area contributed by atoms with Gasteiger partial charge in [0.05, 0.1) is 20.3 Å². The fourth-order valence-electron chi connectivity index (χ4n) is 1.79. The van der Waals surface area contributed by atoms with E-state index >= 15 is 0 Å². The Morgan fingerprint density at radius 3 is 2.63 bits per heavy atom. The van der Waals surface area contributed by atoms with Crippen LogP contribution in [-0.4, -0.2) is 31.4 Å². The third-order valence-electron chi connectivity index (χ3n) is 3.02. The van der Waals surface area contributed by atoms with Crippen molar-refractivity contribution in [2.24, 2.45) is 0 Å². The second-order valence-electron chi connectivity index (χ2n) is 4.41. The van der Waals surface area contributed by atoms with Gasteiger partial charge in [-0.05, 0) is 30.2 Å². The minimum absolute atomic E-state index is 0.184. The van der Waals surface area contributed by atoms with E-state index in [1.165, 1.54) is 19.3 Å². The predicted octanol–water partition coefficient (Wildman–Crippen LogP) is 2.20. The molecule has 4 nitrogen and oxygen atoms in total. The zero-order chi connectivity index (χ0) is 14.4. The molecule has 104 valence electrons. The lowest BCUT2D eigenvalue weighted by atomic mass is 9.93. The van der Waals surface area contributed by atoms with Crippen molar-refractivity contribution in [1.82, 2.24) is 0 Å². The number of aryl methyl sites for hydroxylation is 1. The SMILES string of the molecule is COC(=O)/C=C/[C@@H](O)[C@H](C)c1ccc(C)cc1OC. The topological polar surface area (TPSA) is 55.8 Å². The van der Waals surface area contributed by atoms with Crippen molar-refractivity contribution in [3.8, 4) is 5.75 Å². The Balaban J connectivity index is 2.90. The molecule has 0 aliphatic heterocycles. The number of aliphatic hydroxyl groups is 1. The lowest BCUT2D eigenvalue weighted by Gasteiger charge is -2.19.